The first-order valence-electron chi connectivity index (χ1n) is 30.1. The molecule has 1 aromatic carbocycles. The molecule has 2 aliphatic rings. The van der Waals surface area contributed by atoms with Crippen LogP contribution in [-0.2, 0) is 54.4 Å². The molecule has 1 unspecified atom stereocenters. The van der Waals surface area contributed by atoms with Gasteiger partial charge in [0.15, 0.2) is 40.8 Å². The molecule has 0 bridgehead atoms. The number of ketones is 3. The Balaban J connectivity index is 1.98. The fourth-order valence-electron chi connectivity index (χ4n) is 11.2. The summed E-state index contributed by atoms with van der Waals surface area (Å²) >= 11 is 4.08. The molecule has 0 aliphatic carbocycles. The maximum Gasteiger partial charge on any atom is 0.306 e. The molecular weight excluding hydrogens is 1140 g/mol. The van der Waals surface area contributed by atoms with Crippen LogP contribution in [0.3, 0.4) is 0 Å². The third-order valence-electron chi connectivity index (χ3n) is 15.7. The SMILES string of the molecule is CCC(C)[C@H](NC(=O)[C@@H](CC(=O)[C@@H]1CCCN1C(=O)[C@H](CCCN=C(N)N)CC(=O)[C@@H](CCCN=C(N)N)NC(=O)[C@@H]1CCCN1C(=O)[C@H](CCCCNC(=O)CCS)NC(C)=O)Cc1ccc(OC)c(OC)c1)C(=O)C[C@@H](C[Si](C)(C)C)C(=O)O. The van der Waals surface area contributed by atoms with Crippen molar-refractivity contribution in [3.05, 3.63) is 23.8 Å². The van der Waals surface area contributed by atoms with E-state index < -0.39 is 109 Å². The summed E-state index contributed by atoms with van der Waals surface area (Å²) < 4.78 is 11.0. The van der Waals surface area contributed by atoms with Crippen LogP contribution >= 0.6 is 12.6 Å². The first-order chi connectivity index (χ1) is 40.6. The number of nitrogens with one attached hydrogen (secondary N) is 4. The van der Waals surface area contributed by atoms with E-state index in [4.69, 9.17) is 32.4 Å². The van der Waals surface area contributed by atoms with Crippen molar-refractivity contribution in [1.82, 2.24) is 31.1 Å². The second kappa shape index (κ2) is 37.0. The minimum Gasteiger partial charge on any atom is -0.493 e. The maximum atomic E-state index is 15.1. The van der Waals surface area contributed by atoms with Crippen molar-refractivity contribution in [3.63, 3.8) is 0 Å². The van der Waals surface area contributed by atoms with Crippen LogP contribution in [0.4, 0.5) is 0 Å². The van der Waals surface area contributed by atoms with Gasteiger partial charge in [-0.2, -0.15) is 12.6 Å². The molecule has 2 heterocycles. The second-order valence-electron chi connectivity index (χ2n) is 23.9. The number of Topliss-reactive ketones (excluding diaryl/α,β-unsaturated/α-hetero) is 3. The van der Waals surface area contributed by atoms with Crippen molar-refractivity contribution in [2.24, 2.45) is 56.6 Å². The molecule has 0 saturated carbocycles. The minimum absolute atomic E-state index is 0.00761. The van der Waals surface area contributed by atoms with Crippen LogP contribution in [0.15, 0.2) is 28.2 Å². The molecule has 25 nitrogen and oxygen atoms in total. The van der Waals surface area contributed by atoms with Crippen LogP contribution in [0, 0.1) is 23.7 Å². The van der Waals surface area contributed by atoms with Gasteiger partial charge in [-0.1, -0.05) is 46.0 Å². The fraction of sp³-hybridized carbons (Fsp3) is 0.695. The molecule has 0 radical (unpaired) electrons. The number of carbonyl (C=O) groups excluding carboxylic acids is 9. The smallest absolute Gasteiger partial charge is 0.306 e. The Morgan fingerprint density at radius 3 is 1.90 bits per heavy atom. The van der Waals surface area contributed by atoms with Crippen LogP contribution in [0.25, 0.3) is 0 Å². The van der Waals surface area contributed by atoms with Crippen molar-refractivity contribution in [2.45, 2.75) is 186 Å². The number of carboxylic acids is 1. The lowest BCUT2D eigenvalue weighted by molar-refractivity contribution is -0.144. The number of unbranched alkanes of at least 4 members (excludes halogenated alkanes) is 1. The lowest BCUT2D eigenvalue weighted by Crippen LogP contribution is -2.55. The van der Waals surface area contributed by atoms with Gasteiger partial charge in [0.25, 0.3) is 0 Å². The lowest BCUT2D eigenvalue weighted by Gasteiger charge is -2.31. The highest BCUT2D eigenvalue weighted by atomic mass is 32.1. The number of hydrogen-bond acceptors (Lipinski definition) is 15. The Bertz CT molecular complexity index is 2540. The van der Waals surface area contributed by atoms with E-state index in [9.17, 15) is 48.3 Å². The molecular formula is C59H98N12O13SSi. The number of rotatable bonds is 40. The molecule has 2 aliphatic heterocycles. The quantitative estimate of drug-likeness (QED) is 0.0148. The van der Waals surface area contributed by atoms with E-state index in [-0.39, 0.29) is 127 Å². The van der Waals surface area contributed by atoms with E-state index in [1.807, 2.05) is 26.6 Å². The predicted molar refractivity (Wildman–Crippen MR) is 334 cm³/mol. The number of aliphatic imine (C=N–C) groups is 2. The number of benzene rings is 1. The van der Waals surface area contributed by atoms with Crippen LogP contribution in [0.1, 0.15) is 129 Å². The van der Waals surface area contributed by atoms with Gasteiger partial charge < -0.3 is 68.6 Å². The molecule has 27 heteroatoms. The zero-order valence-corrected chi connectivity index (χ0v) is 53.7. The predicted octanol–water partition coefficient (Wildman–Crippen LogP) is 2.61. The van der Waals surface area contributed by atoms with E-state index in [0.29, 0.717) is 67.5 Å². The summed E-state index contributed by atoms with van der Waals surface area (Å²) in [5, 5.41) is 21.5. The summed E-state index contributed by atoms with van der Waals surface area (Å²) in [5.74, 6) is -7.80. The summed E-state index contributed by atoms with van der Waals surface area (Å²) in [6.07, 6.45) is 3.04. The first kappa shape index (κ1) is 73.5. The normalized spacial score (nSPS) is 17.3. The van der Waals surface area contributed by atoms with Crippen LogP contribution < -0.4 is 53.7 Å². The number of thiol groups is 1. The summed E-state index contributed by atoms with van der Waals surface area (Å²) in [6, 6.07) is 0.262. The average Bonchev–Trinajstić information content (AvgIpc) is 2.16. The van der Waals surface area contributed by atoms with Gasteiger partial charge in [0.1, 0.15) is 12.1 Å². The Kier molecular flexibility index (Phi) is 31.7. The molecule has 6 amide bonds. The molecule has 2 saturated heterocycles. The van der Waals surface area contributed by atoms with E-state index in [0.717, 1.165) is 0 Å². The number of ether oxygens (including phenoxy) is 2. The Hall–Kier alpha value is -6.77. The molecule has 3 rings (SSSR count). The van der Waals surface area contributed by atoms with E-state index >= 15 is 4.79 Å². The van der Waals surface area contributed by atoms with E-state index in [1.165, 1.54) is 30.9 Å². The molecule has 13 N–H and O–H groups in total. The van der Waals surface area contributed by atoms with Gasteiger partial charge in [-0.25, -0.2) is 0 Å². The van der Waals surface area contributed by atoms with Crippen molar-refractivity contribution >= 4 is 91.4 Å². The molecule has 1 aromatic rings. The topological polar surface area (TPSA) is 393 Å². The molecule has 9 atom stereocenters. The monoisotopic (exact) mass is 1240 g/mol. The van der Waals surface area contributed by atoms with E-state index in [2.05, 4.69) is 43.9 Å². The van der Waals surface area contributed by atoms with Gasteiger partial charge in [-0.15, -0.1) is 0 Å². The largest absolute Gasteiger partial charge is 0.493 e. The number of likely N-dealkylation sites (tertiary alicyclic amines) is 2. The average molecular weight is 1240 g/mol. The maximum absolute atomic E-state index is 15.1. The van der Waals surface area contributed by atoms with Crippen molar-refractivity contribution in [3.8, 4) is 11.5 Å². The standard InChI is InChI=1S/C59H98N12O13SSi/c1-9-36(2)52(48(75)34-41(57(81)82)35-86(6,7)8)69-53(77)40(30-38-21-22-49(83-4)50(31-38)84-5)33-47(74)44-19-14-27-70(44)55(79)39(16-12-25-65-58(60)61)32-46(73)42(18-13-26-66-59(62)63)68-54(78)45-20-15-28-71(45)56(80)43(67-37(3)72)17-10-11-24-64-51(76)23-29-85/h21-22,31,36,39-45,52,85H,9-20,23-30,32-35H2,1-8H3,(H,64,76)(H,67,72)(H,68,78)(H,69,77)(H,81,82)(H4,60,61,65)(H4,62,63,66)/t36?,39-,40-,41+,42-,43+,44+,45+,52+/m1/s1. The third kappa shape index (κ3) is 24.9. The number of carboxylic acid groups (broad SMARTS) is 1. The third-order valence-corrected chi connectivity index (χ3v) is 17.7. The number of amides is 6. The number of carbonyl (C=O) groups is 10. The van der Waals surface area contributed by atoms with Gasteiger partial charge in [0.2, 0.25) is 35.4 Å². The summed E-state index contributed by atoms with van der Waals surface area (Å²) in [7, 11) is 1.01. The summed E-state index contributed by atoms with van der Waals surface area (Å²) in [5.41, 5.74) is 23.1. The van der Waals surface area contributed by atoms with Crippen molar-refractivity contribution in [2.75, 3.05) is 52.7 Å². The van der Waals surface area contributed by atoms with Gasteiger partial charge in [-0.3, -0.25) is 57.9 Å². The molecule has 0 aromatic heterocycles. The number of guanidine groups is 2. The van der Waals surface area contributed by atoms with Gasteiger partial charge in [0.05, 0.1) is 38.3 Å². The molecule has 0 spiro atoms. The first-order valence-corrected chi connectivity index (χ1v) is 34.5. The highest BCUT2D eigenvalue weighted by Gasteiger charge is 2.42. The van der Waals surface area contributed by atoms with Gasteiger partial charge >= 0.3 is 5.97 Å². The van der Waals surface area contributed by atoms with Gasteiger partial charge in [-0.05, 0) is 112 Å². The van der Waals surface area contributed by atoms with E-state index in [1.54, 1.807) is 25.1 Å². The highest BCUT2D eigenvalue weighted by Crippen LogP contribution is 2.32. The number of nitrogens with two attached hydrogens (primary N) is 4. The Morgan fingerprint density at radius 2 is 1.33 bits per heavy atom. The highest BCUT2D eigenvalue weighted by molar-refractivity contribution is 7.80. The Morgan fingerprint density at radius 1 is 0.733 bits per heavy atom. The fourth-order valence-corrected chi connectivity index (χ4v) is 13.2. The van der Waals surface area contributed by atoms with Crippen LogP contribution in [0.5, 0.6) is 11.5 Å². The summed E-state index contributed by atoms with van der Waals surface area (Å²) in [6.45, 7) is 12.0. The Labute approximate surface area is 513 Å². The number of aliphatic carboxylic acids is 1. The molecule has 482 valence electrons. The minimum atomic E-state index is -1.94. The zero-order valence-electron chi connectivity index (χ0n) is 51.8. The van der Waals surface area contributed by atoms with Crippen molar-refractivity contribution in [1.29, 1.82) is 0 Å². The number of hydrogen-bond donors (Lipinski definition) is 10. The second-order valence-corrected chi connectivity index (χ2v) is 29.9. The molecule has 86 heavy (non-hydrogen) atoms. The number of methoxy groups -OCH3 is 2. The zero-order chi connectivity index (χ0) is 64.3. The number of nitrogens with zero attached hydrogens (tertiary/aromatic N) is 4. The van der Waals surface area contributed by atoms with Crippen molar-refractivity contribution < 1.29 is 62.5 Å². The van der Waals surface area contributed by atoms with Gasteiger partial charge in [0, 0.05) is 85.2 Å². The lowest BCUT2D eigenvalue weighted by atomic mass is 9.87. The van der Waals surface area contributed by atoms with Crippen LogP contribution in [-0.4, -0.2) is 177 Å². The molecule has 2 fully saturated rings. The summed E-state index contributed by atoms with van der Waals surface area (Å²) in [4.78, 5) is 150. The van der Waals surface area contributed by atoms with Crippen LogP contribution in [0.2, 0.25) is 25.7 Å².